The van der Waals surface area contributed by atoms with E-state index in [9.17, 15) is 9.59 Å². The van der Waals surface area contributed by atoms with Crippen molar-refractivity contribution in [2.45, 2.75) is 26.2 Å². The zero-order chi connectivity index (χ0) is 19.8. The van der Waals surface area contributed by atoms with Crippen molar-refractivity contribution < 1.29 is 9.59 Å². The summed E-state index contributed by atoms with van der Waals surface area (Å²) in [5.41, 5.74) is 3.50. The molecule has 2 amide bonds. The minimum absolute atomic E-state index is 0.00234. The Morgan fingerprint density at radius 2 is 1.71 bits per heavy atom. The predicted octanol–water partition coefficient (Wildman–Crippen LogP) is 3.31. The fraction of sp³-hybridized carbons (Fsp3) is 0.304. The van der Waals surface area contributed by atoms with E-state index in [1.165, 1.54) is 16.5 Å². The van der Waals surface area contributed by atoms with Crippen molar-refractivity contribution >= 4 is 22.7 Å². The number of hydrogen-bond donors (Lipinski definition) is 2. The maximum atomic E-state index is 12.2. The van der Waals surface area contributed by atoms with Gasteiger partial charge in [-0.1, -0.05) is 48.5 Å². The molecule has 1 heterocycles. The van der Waals surface area contributed by atoms with Crippen LogP contribution in [0.3, 0.4) is 0 Å². The molecule has 0 bridgehead atoms. The summed E-state index contributed by atoms with van der Waals surface area (Å²) >= 11 is 0. The SMILES string of the molecule is CC(=O)N(CCC(=O)NCCc1c[nH]c2ccccc12)CCc1ccccc1. The van der Waals surface area contributed by atoms with Gasteiger partial charge < -0.3 is 15.2 Å². The molecule has 3 aromatic rings. The van der Waals surface area contributed by atoms with Crippen LogP contribution in [0.15, 0.2) is 60.8 Å². The van der Waals surface area contributed by atoms with Crippen LogP contribution >= 0.6 is 0 Å². The molecule has 0 aliphatic rings. The zero-order valence-corrected chi connectivity index (χ0v) is 16.3. The van der Waals surface area contributed by atoms with Crippen LogP contribution < -0.4 is 5.32 Å². The highest BCUT2D eigenvalue weighted by Gasteiger charge is 2.11. The van der Waals surface area contributed by atoms with Gasteiger partial charge in [0.25, 0.3) is 0 Å². The molecule has 28 heavy (non-hydrogen) atoms. The molecule has 1 aromatic heterocycles. The Bertz CT molecular complexity index is 918. The first-order valence-corrected chi connectivity index (χ1v) is 9.74. The second-order valence-corrected chi connectivity index (χ2v) is 6.95. The molecule has 0 aliphatic heterocycles. The summed E-state index contributed by atoms with van der Waals surface area (Å²) in [6.07, 6.45) is 3.89. The molecule has 0 saturated carbocycles. The lowest BCUT2D eigenvalue weighted by Crippen LogP contribution is -2.35. The third-order valence-electron chi connectivity index (χ3n) is 4.96. The monoisotopic (exact) mass is 377 g/mol. The number of H-pyrrole nitrogens is 1. The molecule has 0 radical (unpaired) electrons. The van der Waals surface area contributed by atoms with E-state index in [1.807, 2.05) is 42.6 Å². The van der Waals surface area contributed by atoms with Crippen LogP contribution in [0.4, 0.5) is 0 Å². The van der Waals surface area contributed by atoms with E-state index in [0.29, 0.717) is 26.1 Å². The number of fused-ring (bicyclic) bond motifs is 1. The van der Waals surface area contributed by atoms with Gasteiger partial charge in [0, 0.05) is 50.1 Å². The van der Waals surface area contributed by atoms with Crippen molar-refractivity contribution in [2.24, 2.45) is 0 Å². The summed E-state index contributed by atoms with van der Waals surface area (Å²) in [7, 11) is 0. The summed E-state index contributed by atoms with van der Waals surface area (Å²) in [6, 6.07) is 18.2. The Morgan fingerprint density at radius 3 is 2.50 bits per heavy atom. The molecule has 3 rings (SSSR count). The van der Waals surface area contributed by atoms with Crippen molar-refractivity contribution in [3.05, 3.63) is 71.9 Å². The number of benzene rings is 2. The highest BCUT2D eigenvalue weighted by molar-refractivity contribution is 5.83. The third-order valence-corrected chi connectivity index (χ3v) is 4.96. The Morgan fingerprint density at radius 1 is 0.964 bits per heavy atom. The average molecular weight is 377 g/mol. The lowest BCUT2D eigenvalue weighted by atomic mass is 10.1. The fourth-order valence-electron chi connectivity index (χ4n) is 3.34. The van der Waals surface area contributed by atoms with Gasteiger partial charge in [0.1, 0.15) is 0 Å². The molecule has 2 aromatic carbocycles. The Hall–Kier alpha value is -3.08. The van der Waals surface area contributed by atoms with E-state index >= 15 is 0 Å². The van der Waals surface area contributed by atoms with E-state index in [0.717, 1.165) is 18.4 Å². The summed E-state index contributed by atoms with van der Waals surface area (Å²) in [6.45, 7) is 3.22. The molecule has 0 spiro atoms. The van der Waals surface area contributed by atoms with Crippen molar-refractivity contribution in [1.82, 2.24) is 15.2 Å². The van der Waals surface area contributed by atoms with Crippen LogP contribution in [0.2, 0.25) is 0 Å². The lowest BCUT2D eigenvalue weighted by molar-refractivity contribution is -0.129. The number of rotatable bonds is 9. The van der Waals surface area contributed by atoms with E-state index in [4.69, 9.17) is 0 Å². The second-order valence-electron chi connectivity index (χ2n) is 6.95. The topological polar surface area (TPSA) is 65.2 Å². The number of nitrogens with zero attached hydrogens (tertiary/aromatic N) is 1. The predicted molar refractivity (Wildman–Crippen MR) is 112 cm³/mol. The highest BCUT2D eigenvalue weighted by atomic mass is 16.2. The van der Waals surface area contributed by atoms with Gasteiger partial charge in [-0.2, -0.15) is 0 Å². The largest absolute Gasteiger partial charge is 0.361 e. The number of hydrogen-bond acceptors (Lipinski definition) is 2. The molecule has 0 aliphatic carbocycles. The quantitative estimate of drug-likeness (QED) is 0.601. The molecule has 0 saturated heterocycles. The minimum atomic E-state index is -0.0224. The van der Waals surface area contributed by atoms with E-state index in [1.54, 1.807) is 11.8 Å². The summed E-state index contributed by atoms with van der Waals surface area (Å²) in [5.74, 6) is -0.0201. The molecule has 146 valence electrons. The first-order chi connectivity index (χ1) is 13.6. The number of carbonyl (C=O) groups is 2. The van der Waals surface area contributed by atoms with Crippen LogP contribution in [0, 0.1) is 0 Å². The number of para-hydroxylation sites is 1. The van der Waals surface area contributed by atoms with Crippen LogP contribution in [0.5, 0.6) is 0 Å². The normalized spacial score (nSPS) is 10.8. The lowest BCUT2D eigenvalue weighted by Gasteiger charge is -2.20. The smallest absolute Gasteiger partial charge is 0.221 e. The molecule has 5 heteroatoms. The van der Waals surface area contributed by atoms with Crippen LogP contribution in [-0.2, 0) is 22.4 Å². The average Bonchev–Trinajstić information content (AvgIpc) is 3.12. The number of aromatic nitrogens is 1. The number of carbonyl (C=O) groups excluding carboxylic acids is 2. The highest BCUT2D eigenvalue weighted by Crippen LogP contribution is 2.17. The van der Waals surface area contributed by atoms with E-state index in [-0.39, 0.29) is 11.8 Å². The van der Waals surface area contributed by atoms with Gasteiger partial charge in [0.2, 0.25) is 11.8 Å². The molecule has 5 nitrogen and oxygen atoms in total. The summed E-state index contributed by atoms with van der Waals surface area (Å²) in [5, 5.41) is 4.16. The van der Waals surface area contributed by atoms with Crippen molar-refractivity contribution in [3.8, 4) is 0 Å². The molecular weight excluding hydrogens is 350 g/mol. The van der Waals surface area contributed by atoms with Crippen LogP contribution in [0.1, 0.15) is 24.5 Å². The van der Waals surface area contributed by atoms with Crippen molar-refractivity contribution in [1.29, 1.82) is 0 Å². The molecule has 0 fully saturated rings. The molecule has 0 atom stereocenters. The van der Waals surface area contributed by atoms with Crippen LogP contribution in [0.25, 0.3) is 10.9 Å². The van der Waals surface area contributed by atoms with Crippen molar-refractivity contribution in [2.75, 3.05) is 19.6 Å². The molecular formula is C23H27N3O2. The van der Waals surface area contributed by atoms with Gasteiger partial charge in [-0.15, -0.1) is 0 Å². The fourth-order valence-corrected chi connectivity index (χ4v) is 3.34. The van der Waals surface area contributed by atoms with Gasteiger partial charge in [-0.25, -0.2) is 0 Å². The minimum Gasteiger partial charge on any atom is -0.361 e. The van der Waals surface area contributed by atoms with Gasteiger partial charge >= 0.3 is 0 Å². The zero-order valence-electron chi connectivity index (χ0n) is 16.3. The molecule has 2 N–H and O–H groups in total. The van der Waals surface area contributed by atoms with Gasteiger partial charge in [-0.05, 0) is 30.0 Å². The Balaban J connectivity index is 1.41. The number of nitrogens with one attached hydrogen (secondary N) is 2. The Labute approximate surface area is 165 Å². The molecule has 0 unspecified atom stereocenters. The van der Waals surface area contributed by atoms with Gasteiger partial charge in [0.15, 0.2) is 0 Å². The van der Waals surface area contributed by atoms with E-state index < -0.39 is 0 Å². The second kappa shape index (κ2) is 9.74. The maximum Gasteiger partial charge on any atom is 0.221 e. The van der Waals surface area contributed by atoms with E-state index in [2.05, 4.69) is 28.5 Å². The van der Waals surface area contributed by atoms with Gasteiger partial charge in [-0.3, -0.25) is 9.59 Å². The maximum absolute atomic E-state index is 12.2. The Kier molecular flexibility index (Phi) is 6.84. The standard InChI is InChI=1S/C23H27N3O2/c1-18(27)26(15-12-19-7-3-2-4-8-19)16-13-23(28)24-14-11-20-17-25-22-10-6-5-9-21(20)22/h2-10,17,25H,11-16H2,1H3,(H,24,28). The summed E-state index contributed by atoms with van der Waals surface area (Å²) < 4.78 is 0. The first-order valence-electron chi connectivity index (χ1n) is 9.74. The van der Waals surface area contributed by atoms with Crippen LogP contribution in [-0.4, -0.2) is 41.3 Å². The van der Waals surface area contributed by atoms with Crippen molar-refractivity contribution in [3.63, 3.8) is 0 Å². The number of aromatic amines is 1. The summed E-state index contributed by atoms with van der Waals surface area (Å²) in [4.78, 5) is 29.0. The number of amides is 2. The first kappa shape index (κ1) is 19.7. The third kappa shape index (κ3) is 5.46. The van der Waals surface area contributed by atoms with Gasteiger partial charge in [0.05, 0.1) is 0 Å².